The molecule has 0 radical (unpaired) electrons. The van der Waals surface area contributed by atoms with E-state index in [-0.39, 0.29) is 5.82 Å². The van der Waals surface area contributed by atoms with Crippen LogP contribution in [0.25, 0.3) is 10.2 Å². The highest BCUT2D eigenvalue weighted by molar-refractivity contribution is 7.18. The molecule has 3 aromatic rings. The van der Waals surface area contributed by atoms with Gasteiger partial charge in [-0.1, -0.05) is 6.92 Å². The molecule has 0 saturated carbocycles. The number of aromatic nitrogens is 2. The van der Waals surface area contributed by atoms with Crippen molar-refractivity contribution in [1.29, 1.82) is 0 Å². The number of methoxy groups -OCH3 is 1. The van der Waals surface area contributed by atoms with Gasteiger partial charge in [-0.2, -0.15) is 0 Å². The van der Waals surface area contributed by atoms with E-state index < -0.39 is 0 Å². The van der Waals surface area contributed by atoms with Crippen LogP contribution in [0.2, 0.25) is 0 Å². The topological polar surface area (TPSA) is 41.5 Å². The van der Waals surface area contributed by atoms with Crippen LogP contribution in [0.15, 0.2) is 24.3 Å². The number of hydrogen-bond donors (Lipinski definition) is 0. The zero-order valence-electron chi connectivity index (χ0n) is 16.5. The number of anilines is 1. The fourth-order valence-electron chi connectivity index (χ4n) is 3.70. The van der Waals surface area contributed by atoms with Crippen molar-refractivity contribution in [1.82, 2.24) is 14.9 Å². The van der Waals surface area contributed by atoms with Gasteiger partial charge in [0.2, 0.25) is 0 Å². The first kappa shape index (κ1) is 19.1. The maximum absolute atomic E-state index is 13.6. The van der Waals surface area contributed by atoms with E-state index in [2.05, 4.69) is 34.7 Å². The Morgan fingerprint density at radius 1 is 1.14 bits per heavy atom. The van der Waals surface area contributed by atoms with E-state index in [0.717, 1.165) is 65.8 Å². The van der Waals surface area contributed by atoms with E-state index in [1.54, 1.807) is 30.6 Å². The van der Waals surface area contributed by atoms with Gasteiger partial charge in [0.25, 0.3) is 0 Å². The molecular formula is C21H25FN4OS. The van der Waals surface area contributed by atoms with E-state index in [1.165, 1.54) is 10.9 Å². The molecule has 28 heavy (non-hydrogen) atoms. The Morgan fingerprint density at radius 2 is 1.93 bits per heavy atom. The normalized spacial score (nSPS) is 15.4. The summed E-state index contributed by atoms with van der Waals surface area (Å²) in [5.74, 6) is 2.46. The van der Waals surface area contributed by atoms with E-state index >= 15 is 0 Å². The van der Waals surface area contributed by atoms with Gasteiger partial charge in [-0.15, -0.1) is 11.3 Å². The van der Waals surface area contributed by atoms with Crippen molar-refractivity contribution in [3.8, 4) is 5.75 Å². The van der Waals surface area contributed by atoms with Crippen molar-refractivity contribution in [2.24, 2.45) is 0 Å². The molecule has 0 unspecified atom stereocenters. The smallest absolute Gasteiger partial charge is 0.141 e. The third kappa shape index (κ3) is 3.82. The lowest BCUT2D eigenvalue weighted by atomic mass is 10.1. The molecule has 4 rings (SSSR count). The second kappa shape index (κ2) is 8.01. The van der Waals surface area contributed by atoms with Crippen molar-refractivity contribution in [2.45, 2.75) is 26.8 Å². The number of halogens is 1. The van der Waals surface area contributed by atoms with E-state index in [0.29, 0.717) is 6.54 Å². The first-order chi connectivity index (χ1) is 13.6. The molecule has 0 atom stereocenters. The highest BCUT2D eigenvalue weighted by atomic mass is 32.1. The number of piperazine rings is 1. The number of hydrogen-bond acceptors (Lipinski definition) is 6. The van der Waals surface area contributed by atoms with Crippen LogP contribution in [0, 0.1) is 12.7 Å². The third-order valence-corrected chi connectivity index (χ3v) is 6.11. The lowest BCUT2D eigenvalue weighted by Gasteiger charge is -2.36. The Morgan fingerprint density at radius 3 is 2.64 bits per heavy atom. The molecule has 0 N–H and O–H groups in total. The van der Waals surface area contributed by atoms with Gasteiger partial charge in [0.05, 0.1) is 12.5 Å². The average molecular weight is 401 g/mol. The first-order valence-electron chi connectivity index (χ1n) is 9.64. The number of thiophene rings is 1. The molecule has 2 aromatic heterocycles. The predicted octanol–water partition coefficient (Wildman–Crippen LogP) is 4.03. The number of nitrogens with zero attached hydrogens (tertiary/aromatic N) is 4. The van der Waals surface area contributed by atoms with Gasteiger partial charge in [-0.3, -0.25) is 4.90 Å². The van der Waals surface area contributed by atoms with Crippen LogP contribution in [0.1, 0.15) is 23.2 Å². The second-order valence-electron chi connectivity index (χ2n) is 7.11. The van der Waals surface area contributed by atoms with Gasteiger partial charge >= 0.3 is 0 Å². The molecule has 7 heteroatoms. The maximum Gasteiger partial charge on any atom is 0.141 e. The molecule has 1 fully saturated rings. The highest BCUT2D eigenvalue weighted by Crippen LogP contribution is 2.31. The number of fused-ring (bicyclic) bond motifs is 1. The predicted molar refractivity (Wildman–Crippen MR) is 112 cm³/mol. The van der Waals surface area contributed by atoms with Crippen molar-refractivity contribution < 1.29 is 9.13 Å². The molecule has 3 heterocycles. The van der Waals surface area contributed by atoms with Crippen LogP contribution in [0.3, 0.4) is 0 Å². The summed E-state index contributed by atoms with van der Waals surface area (Å²) in [6.45, 7) is 8.47. The molecule has 0 amide bonds. The van der Waals surface area contributed by atoms with Crippen molar-refractivity contribution in [2.75, 3.05) is 38.2 Å². The Bertz CT molecular complexity index is 982. The number of aryl methyl sites for hydroxylation is 2. The standard InChI is InChI=1S/C21H25FN4OS/c1-4-19-23-20(17-11-14(2)28-21(17)24-19)26-9-7-25(8-10-26)13-15-12-16(22)5-6-18(15)27-3/h5-6,11-12H,4,7-10,13H2,1-3H3. The maximum atomic E-state index is 13.6. The van der Waals surface area contributed by atoms with E-state index in [4.69, 9.17) is 9.72 Å². The Labute approximate surface area is 168 Å². The summed E-state index contributed by atoms with van der Waals surface area (Å²) in [5.41, 5.74) is 0.891. The summed E-state index contributed by atoms with van der Waals surface area (Å²) in [4.78, 5) is 16.6. The molecule has 1 saturated heterocycles. The van der Waals surface area contributed by atoms with Crippen LogP contribution in [0.5, 0.6) is 5.75 Å². The largest absolute Gasteiger partial charge is 0.496 e. The number of rotatable bonds is 5. The van der Waals surface area contributed by atoms with Crippen LogP contribution in [-0.4, -0.2) is 48.2 Å². The summed E-state index contributed by atoms with van der Waals surface area (Å²) in [6, 6.07) is 6.90. The molecule has 1 aliphatic rings. The van der Waals surface area contributed by atoms with E-state index in [1.807, 2.05) is 0 Å². The number of ether oxygens (including phenoxy) is 1. The van der Waals surface area contributed by atoms with Crippen LogP contribution in [0.4, 0.5) is 10.2 Å². The first-order valence-corrected chi connectivity index (χ1v) is 10.5. The summed E-state index contributed by atoms with van der Waals surface area (Å²) in [7, 11) is 1.63. The molecule has 0 aliphatic carbocycles. The van der Waals surface area contributed by atoms with Gasteiger partial charge in [0, 0.05) is 49.6 Å². The van der Waals surface area contributed by atoms with Crippen LogP contribution >= 0.6 is 11.3 Å². The Hall–Kier alpha value is -2.25. The van der Waals surface area contributed by atoms with Gasteiger partial charge in [-0.25, -0.2) is 14.4 Å². The van der Waals surface area contributed by atoms with Gasteiger partial charge in [0.1, 0.15) is 28.0 Å². The molecule has 1 aromatic carbocycles. The highest BCUT2D eigenvalue weighted by Gasteiger charge is 2.22. The summed E-state index contributed by atoms with van der Waals surface area (Å²) >= 11 is 1.73. The van der Waals surface area contributed by atoms with Crippen LogP contribution < -0.4 is 9.64 Å². The lowest BCUT2D eigenvalue weighted by Crippen LogP contribution is -2.46. The van der Waals surface area contributed by atoms with Gasteiger partial charge in [0.15, 0.2) is 0 Å². The Balaban J connectivity index is 1.50. The third-order valence-electron chi connectivity index (χ3n) is 5.17. The second-order valence-corrected chi connectivity index (χ2v) is 8.35. The SMILES string of the molecule is CCc1nc(N2CCN(Cc3cc(F)ccc3OC)CC2)c2cc(C)sc2n1. The molecule has 148 valence electrons. The minimum absolute atomic E-state index is 0.224. The molecule has 5 nitrogen and oxygen atoms in total. The van der Waals surface area contributed by atoms with E-state index in [9.17, 15) is 4.39 Å². The zero-order chi connectivity index (χ0) is 19.7. The summed E-state index contributed by atoms with van der Waals surface area (Å²) < 4.78 is 19.0. The lowest BCUT2D eigenvalue weighted by molar-refractivity contribution is 0.245. The molecule has 0 bridgehead atoms. The van der Waals surface area contributed by atoms with Crippen LogP contribution in [-0.2, 0) is 13.0 Å². The molecule has 1 aliphatic heterocycles. The summed E-state index contributed by atoms with van der Waals surface area (Å²) in [6.07, 6.45) is 0.833. The summed E-state index contributed by atoms with van der Waals surface area (Å²) in [5, 5.41) is 1.15. The fraction of sp³-hybridized carbons (Fsp3) is 0.429. The quantitative estimate of drug-likeness (QED) is 0.647. The molecular weight excluding hydrogens is 375 g/mol. The average Bonchev–Trinajstić information content (AvgIpc) is 3.08. The minimum atomic E-state index is -0.224. The van der Waals surface area contributed by atoms with Gasteiger partial charge < -0.3 is 9.64 Å². The van der Waals surface area contributed by atoms with Crippen molar-refractivity contribution >= 4 is 27.4 Å². The Kier molecular flexibility index (Phi) is 5.46. The van der Waals surface area contributed by atoms with Crippen molar-refractivity contribution in [3.63, 3.8) is 0 Å². The zero-order valence-corrected chi connectivity index (χ0v) is 17.4. The van der Waals surface area contributed by atoms with Crippen molar-refractivity contribution in [3.05, 3.63) is 46.3 Å². The molecule has 0 spiro atoms. The monoisotopic (exact) mass is 400 g/mol. The fourth-order valence-corrected chi connectivity index (χ4v) is 4.59. The van der Waals surface area contributed by atoms with Gasteiger partial charge in [-0.05, 0) is 31.2 Å². The number of benzene rings is 1. The minimum Gasteiger partial charge on any atom is -0.496 e.